The summed E-state index contributed by atoms with van der Waals surface area (Å²) in [7, 11) is 2.74. The second-order valence-corrected chi connectivity index (χ2v) is 14.9. The Kier molecular flexibility index (Phi) is 8.03. The minimum Gasteiger partial charge on any atom is -0.232 e. The molecule has 214 valence electrons. The zero-order chi connectivity index (χ0) is 29.9. The van der Waals surface area contributed by atoms with E-state index in [0.29, 0.717) is 0 Å². The molecule has 0 N–H and O–H groups in total. The van der Waals surface area contributed by atoms with Gasteiger partial charge in [0.2, 0.25) is 0 Å². The Morgan fingerprint density at radius 2 is 0.727 bits per heavy atom. The van der Waals surface area contributed by atoms with Crippen LogP contribution in [0.3, 0.4) is 0 Å². The van der Waals surface area contributed by atoms with E-state index in [1.165, 1.54) is 32.3 Å². The number of imidazole rings is 2. The first-order valence-corrected chi connectivity index (χ1v) is 17.4. The summed E-state index contributed by atoms with van der Waals surface area (Å²) in [6.45, 7) is 0. The molecule has 6 heteroatoms. The molecule has 0 spiro atoms. The Balaban J connectivity index is 1.37. The molecule has 0 saturated carbocycles. The topological polar surface area (TPSA) is 17.6 Å². The minimum absolute atomic E-state index is 0.793. The van der Waals surface area contributed by atoms with Gasteiger partial charge in [-0.05, 0) is 33.4 Å². The fourth-order valence-corrected chi connectivity index (χ4v) is 10.7. The molecule has 0 radical (unpaired) electrons. The van der Waals surface area contributed by atoms with E-state index in [1.54, 1.807) is 0 Å². The van der Waals surface area contributed by atoms with Crippen molar-refractivity contribution in [1.82, 2.24) is 9.13 Å². The molecular formula is C38H34N4P2+2. The van der Waals surface area contributed by atoms with Crippen LogP contribution >= 0.6 is 15.8 Å². The molecule has 7 rings (SSSR count). The van der Waals surface area contributed by atoms with Crippen molar-refractivity contribution in [3.63, 3.8) is 0 Å². The highest BCUT2D eigenvalue weighted by atomic mass is 31.1. The van der Waals surface area contributed by atoms with Crippen LogP contribution in [0.4, 0.5) is 0 Å². The summed E-state index contributed by atoms with van der Waals surface area (Å²) in [5, 5.41) is 5.32. The maximum absolute atomic E-state index is 2.37. The number of rotatable bonds is 8. The van der Waals surface area contributed by atoms with Crippen molar-refractivity contribution >= 4 is 48.2 Å². The summed E-state index contributed by atoms with van der Waals surface area (Å²) in [5.41, 5.74) is 4.82. The largest absolute Gasteiger partial charge is 0.290 e. The van der Waals surface area contributed by atoms with E-state index in [4.69, 9.17) is 0 Å². The summed E-state index contributed by atoms with van der Waals surface area (Å²) in [5.74, 6) is 0. The predicted octanol–water partition coefficient (Wildman–Crippen LogP) is 4.43. The third-order valence-corrected chi connectivity index (χ3v) is 12.9. The van der Waals surface area contributed by atoms with Crippen LogP contribution in [0.25, 0.3) is 11.4 Å². The lowest BCUT2D eigenvalue weighted by molar-refractivity contribution is -0.652. The number of benzene rings is 5. The summed E-state index contributed by atoms with van der Waals surface area (Å²) >= 11 is 0. The van der Waals surface area contributed by atoms with E-state index in [-0.39, 0.29) is 0 Å². The van der Waals surface area contributed by atoms with Crippen LogP contribution in [0.15, 0.2) is 170 Å². The zero-order valence-corrected chi connectivity index (χ0v) is 26.6. The Labute approximate surface area is 261 Å². The lowest BCUT2D eigenvalue weighted by Crippen LogP contribution is -2.48. The summed E-state index contributed by atoms with van der Waals surface area (Å²) in [6, 6.07) is 52.6. The highest BCUT2D eigenvalue weighted by Crippen LogP contribution is 2.34. The smallest absolute Gasteiger partial charge is 0.232 e. The average molecular weight is 609 g/mol. The summed E-state index contributed by atoms with van der Waals surface area (Å²) < 4.78 is 9.30. The van der Waals surface area contributed by atoms with Gasteiger partial charge in [-0.15, -0.1) is 0 Å². The van der Waals surface area contributed by atoms with Crippen LogP contribution in [-0.2, 0) is 14.1 Å². The molecule has 0 aliphatic rings. The number of hydrogen-bond donors (Lipinski definition) is 0. The number of aryl methyl sites for hydroxylation is 2. The van der Waals surface area contributed by atoms with E-state index in [2.05, 4.69) is 203 Å². The molecule has 5 aromatic carbocycles. The van der Waals surface area contributed by atoms with Crippen molar-refractivity contribution in [3.8, 4) is 11.4 Å². The molecule has 0 saturated heterocycles. The molecule has 44 heavy (non-hydrogen) atoms. The van der Waals surface area contributed by atoms with Crippen molar-refractivity contribution in [2.45, 2.75) is 0 Å². The maximum atomic E-state index is 2.37. The van der Waals surface area contributed by atoms with Gasteiger partial charge < -0.3 is 0 Å². The lowest BCUT2D eigenvalue weighted by Gasteiger charge is -2.17. The highest BCUT2D eigenvalue weighted by molar-refractivity contribution is 7.79. The summed E-state index contributed by atoms with van der Waals surface area (Å²) in [4.78, 5) is 0. The Hall–Kier alpha value is -4.62. The van der Waals surface area contributed by atoms with Gasteiger partial charge in [-0.2, -0.15) is 9.13 Å². The van der Waals surface area contributed by atoms with Gasteiger partial charge in [0.15, 0.2) is 0 Å². The molecule has 2 heterocycles. The first kappa shape index (κ1) is 28.2. The van der Waals surface area contributed by atoms with Crippen LogP contribution in [0, 0.1) is 0 Å². The zero-order valence-electron chi connectivity index (χ0n) is 24.8. The van der Waals surface area contributed by atoms with Crippen LogP contribution < -0.4 is 41.5 Å². The predicted molar refractivity (Wildman–Crippen MR) is 185 cm³/mol. The molecule has 0 aliphatic heterocycles. The quantitative estimate of drug-likeness (QED) is 0.180. The van der Waals surface area contributed by atoms with E-state index in [9.17, 15) is 0 Å². The molecule has 2 aromatic heterocycles. The molecule has 0 aliphatic carbocycles. The van der Waals surface area contributed by atoms with Gasteiger partial charge in [0.1, 0.15) is 36.2 Å². The molecular weight excluding hydrogens is 574 g/mol. The SMILES string of the molecule is C[n+]1ccn(-c2cccc(-n3cc[n+](C)c3P(c3ccccc3)c3ccccc3)c2)c1P(c1ccccc1)c1ccccc1. The van der Waals surface area contributed by atoms with Gasteiger partial charge in [0, 0.05) is 6.07 Å². The number of aromatic nitrogens is 4. The molecule has 0 unspecified atom stereocenters. The third kappa shape index (κ3) is 5.44. The fourth-order valence-electron chi connectivity index (χ4n) is 5.73. The van der Waals surface area contributed by atoms with Crippen LogP contribution in [0.1, 0.15) is 0 Å². The highest BCUT2D eigenvalue weighted by Gasteiger charge is 2.32. The van der Waals surface area contributed by atoms with Gasteiger partial charge in [-0.1, -0.05) is 127 Å². The maximum Gasteiger partial charge on any atom is 0.290 e. The summed E-state index contributed by atoms with van der Waals surface area (Å²) in [6.07, 6.45) is 8.75. The van der Waals surface area contributed by atoms with Gasteiger partial charge in [-0.25, -0.2) is 9.13 Å². The first-order chi connectivity index (χ1) is 21.7. The van der Waals surface area contributed by atoms with Gasteiger partial charge in [-0.3, -0.25) is 0 Å². The van der Waals surface area contributed by atoms with E-state index in [1.807, 2.05) is 0 Å². The van der Waals surface area contributed by atoms with E-state index >= 15 is 0 Å². The van der Waals surface area contributed by atoms with Gasteiger partial charge >= 0.3 is 0 Å². The monoisotopic (exact) mass is 608 g/mol. The Morgan fingerprint density at radius 3 is 1.05 bits per heavy atom. The molecule has 0 fully saturated rings. The molecule has 0 bridgehead atoms. The number of hydrogen-bond acceptors (Lipinski definition) is 0. The lowest BCUT2D eigenvalue weighted by atomic mass is 10.2. The van der Waals surface area contributed by atoms with E-state index < -0.39 is 15.8 Å². The second kappa shape index (κ2) is 12.5. The molecule has 0 amide bonds. The van der Waals surface area contributed by atoms with Crippen LogP contribution in [-0.4, -0.2) is 9.13 Å². The molecule has 0 atom stereocenters. The molecule has 4 nitrogen and oxygen atoms in total. The Morgan fingerprint density at radius 1 is 0.409 bits per heavy atom. The minimum atomic E-state index is -0.793. The first-order valence-electron chi connectivity index (χ1n) is 14.7. The van der Waals surface area contributed by atoms with E-state index in [0.717, 1.165) is 11.4 Å². The second-order valence-electron chi connectivity index (χ2n) is 10.7. The number of nitrogens with zero attached hydrogens (tertiary/aromatic N) is 4. The fraction of sp³-hybridized carbons (Fsp3) is 0.0526. The Bertz CT molecular complexity index is 1760. The average Bonchev–Trinajstić information content (AvgIpc) is 3.66. The van der Waals surface area contributed by atoms with Crippen LogP contribution in [0.5, 0.6) is 0 Å². The van der Waals surface area contributed by atoms with Crippen molar-refractivity contribution in [2.75, 3.05) is 0 Å². The van der Waals surface area contributed by atoms with Crippen molar-refractivity contribution in [1.29, 1.82) is 0 Å². The van der Waals surface area contributed by atoms with Crippen LogP contribution in [0.2, 0.25) is 0 Å². The van der Waals surface area contributed by atoms with Gasteiger partial charge in [0.05, 0.1) is 29.9 Å². The molecule has 7 aromatic rings. The van der Waals surface area contributed by atoms with Crippen molar-refractivity contribution < 1.29 is 9.13 Å². The van der Waals surface area contributed by atoms with Gasteiger partial charge in [0.25, 0.3) is 11.1 Å². The normalized spacial score (nSPS) is 11.4. The van der Waals surface area contributed by atoms with Crippen molar-refractivity contribution in [3.05, 3.63) is 170 Å². The third-order valence-electron chi connectivity index (χ3n) is 7.78. The standard InChI is InChI=1S/C38H34N4P2/c1-39-26-28-41(37(39)43(33-18-7-3-8-19-33)34-20-9-4-10-21-34)31-16-15-17-32(30-31)42-29-27-40(2)38(42)44(35-22-11-5-12-23-35)36-24-13-6-14-25-36/h3-30H,1-2H3/q+2. The van der Waals surface area contributed by atoms with Crippen molar-refractivity contribution in [2.24, 2.45) is 14.1 Å².